The monoisotopic (exact) mass is 398 g/mol. The van der Waals surface area contributed by atoms with Crippen molar-refractivity contribution < 1.29 is 26.2 Å². The van der Waals surface area contributed by atoms with Gasteiger partial charge in [-0.1, -0.05) is 28.1 Å². The Labute approximate surface area is 138 Å². The number of hydrogen-bond donors (Lipinski definition) is 0. The van der Waals surface area contributed by atoms with Crippen LogP contribution in [0, 0.1) is 5.82 Å². The molecule has 0 unspecified atom stereocenters. The lowest BCUT2D eigenvalue weighted by Crippen LogP contribution is -2.14. The summed E-state index contributed by atoms with van der Waals surface area (Å²) in [6.45, 7) is 0. The lowest BCUT2D eigenvalue weighted by molar-refractivity contribution is 0.0715. The fourth-order valence-corrected chi connectivity index (χ4v) is 3.20. The van der Waals surface area contributed by atoms with Gasteiger partial charge in [0.1, 0.15) is 16.3 Å². The Hall–Kier alpha value is -2.19. The molecule has 0 spiro atoms. The van der Waals surface area contributed by atoms with E-state index in [1.165, 1.54) is 18.2 Å². The van der Waals surface area contributed by atoms with E-state index >= 15 is 0 Å². The molecule has 3 rings (SSSR count). The zero-order valence-electron chi connectivity index (χ0n) is 11.3. The highest BCUT2D eigenvalue weighted by atomic mass is 79.9. The van der Waals surface area contributed by atoms with Crippen molar-refractivity contribution in [2.45, 2.75) is 4.90 Å². The van der Waals surface area contributed by atoms with Gasteiger partial charge in [0, 0.05) is 9.86 Å². The SMILES string of the molecule is O=C(OS(=O)(=O)c1ccccc1F)c1cc2ccc(Br)cc2o1. The molecule has 8 heteroatoms. The van der Waals surface area contributed by atoms with E-state index in [2.05, 4.69) is 20.1 Å². The van der Waals surface area contributed by atoms with Gasteiger partial charge in [-0.3, -0.25) is 0 Å². The number of hydrogen-bond acceptors (Lipinski definition) is 5. The van der Waals surface area contributed by atoms with Gasteiger partial charge in [0.2, 0.25) is 5.76 Å². The molecule has 0 radical (unpaired) electrons. The van der Waals surface area contributed by atoms with Crippen LogP contribution < -0.4 is 0 Å². The smallest absolute Gasteiger partial charge is 0.389 e. The van der Waals surface area contributed by atoms with Crippen LogP contribution in [-0.4, -0.2) is 14.4 Å². The van der Waals surface area contributed by atoms with E-state index in [9.17, 15) is 17.6 Å². The molecule has 0 aliphatic carbocycles. The fraction of sp³-hybridized carbons (Fsp3) is 0. The molecule has 5 nitrogen and oxygen atoms in total. The summed E-state index contributed by atoms with van der Waals surface area (Å²) in [5.41, 5.74) is 0.384. The standard InChI is InChI=1S/C15H8BrFO5S/c16-10-6-5-9-7-13(21-12(9)8-10)15(18)22-23(19,20)14-4-2-1-3-11(14)17/h1-8H. The van der Waals surface area contributed by atoms with Crippen LogP contribution in [0.3, 0.4) is 0 Å². The van der Waals surface area contributed by atoms with Crippen molar-refractivity contribution in [3.05, 3.63) is 64.6 Å². The maximum atomic E-state index is 13.6. The minimum Gasteiger partial charge on any atom is -0.449 e. The molecule has 2 aromatic carbocycles. The maximum Gasteiger partial charge on any atom is 0.389 e. The Balaban J connectivity index is 1.92. The molecular formula is C15H8BrFO5S. The molecule has 0 saturated carbocycles. The second-order valence-electron chi connectivity index (χ2n) is 4.55. The van der Waals surface area contributed by atoms with Crippen LogP contribution in [0.2, 0.25) is 0 Å². The van der Waals surface area contributed by atoms with E-state index < -0.39 is 26.8 Å². The van der Waals surface area contributed by atoms with E-state index in [1.807, 2.05) is 0 Å². The van der Waals surface area contributed by atoms with Crippen LogP contribution in [0.15, 0.2) is 62.3 Å². The normalized spacial score (nSPS) is 11.6. The largest absolute Gasteiger partial charge is 0.449 e. The van der Waals surface area contributed by atoms with Crippen LogP contribution in [-0.2, 0) is 14.3 Å². The second-order valence-corrected chi connectivity index (χ2v) is 6.98. The Morgan fingerprint density at radius 2 is 1.87 bits per heavy atom. The van der Waals surface area contributed by atoms with Crippen LogP contribution >= 0.6 is 15.9 Å². The van der Waals surface area contributed by atoms with Crippen molar-refractivity contribution >= 4 is 43.0 Å². The number of rotatable bonds is 3. The predicted octanol–water partition coefficient (Wildman–Crippen LogP) is 3.88. The van der Waals surface area contributed by atoms with Crippen molar-refractivity contribution in [2.75, 3.05) is 0 Å². The molecule has 0 bridgehead atoms. The van der Waals surface area contributed by atoms with Crippen molar-refractivity contribution in [3.8, 4) is 0 Å². The third kappa shape index (κ3) is 3.13. The van der Waals surface area contributed by atoms with Crippen molar-refractivity contribution in [3.63, 3.8) is 0 Å². The lowest BCUT2D eigenvalue weighted by atomic mass is 10.2. The summed E-state index contributed by atoms with van der Waals surface area (Å²) in [4.78, 5) is 11.3. The minimum atomic E-state index is -4.58. The Morgan fingerprint density at radius 3 is 2.61 bits per heavy atom. The topological polar surface area (TPSA) is 73.6 Å². The summed E-state index contributed by atoms with van der Waals surface area (Å²) in [5.74, 6) is -2.52. The van der Waals surface area contributed by atoms with E-state index in [0.29, 0.717) is 11.0 Å². The van der Waals surface area contributed by atoms with Crippen LogP contribution in [0.4, 0.5) is 4.39 Å². The van der Waals surface area contributed by atoms with Gasteiger partial charge in [0.25, 0.3) is 0 Å². The van der Waals surface area contributed by atoms with Gasteiger partial charge < -0.3 is 8.60 Å². The highest BCUT2D eigenvalue weighted by Crippen LogP contribution is 2.25. The highest BCUT2D eigenvalue weighted by molar-refractivity contribution is 9.10. The Morgan fingerprint density at radius 1 is 1.13 bits per heavy atom. The molecule has 0 atom stereocenters. The van der Waals surface area contributed by atoms with Gasteiger partial charge in [-0.15, -0.1) is 0 Å². The van der Waals surface area contributed by atoms with E-state index in [0.717, 1.165) is 16.6 Å². The zero-order chi connectivity index (χ0) is 16.6. The van der Waals surface area contributed by atoms with Crippen molar-refractivity contribution in [1.29, 1.82) is 0 Å². The van der Waals surface area contributed by atoms with Crippen molar-refractivity contribution in [2.24, 2.45) is 0 Å². The van der Waals surface area contributed by atoms with Crippen molar-refractivity contribution in [1.82, 2.24) is 0 Å². The molecule has 0 N–H and O–H groups in total. The van der Waals surface area contributed by atoms with Crippen LogP contribution in [0.25, 0.3) is 11.0 Å². The quantitative estimate of drug-likeness (QED) is 0.625. The summed E-state index contributed by atoms with van der Waals surface area (Å²) in [7, 11) is -4.58. The van der Waals surface area contributed by atoms with Crippen LogP contribution in [0.5, 0.6) is 0 Å². The Kier molecular flexibility index (Phi) is 3.95. The fourth-order valence-electron chi connectivity index (χ4n) is 1.94. The van der Waals surface area contributed by atoms with Gasteiger partial charge in [-0.05, 0) is 36.4 Å². The van der Waals surface area contributed by atoms with Gasteiger partial charge in [0.15, 0.2) is 0 Å². The first-order chi connectivity index (χ1) is 10.9. The number of halogens is 2. The first kappa shape index (κ1) is 15.7. The first-order valence-corrected chi connectivity index (χ1v) is 8.49. The maximum absolute atomic E-state index is 13.6. The molecule has 0 amide bonds. The molecule has 0 fully saturated rings. The molecular weight excluding hydrogens is 391 g/mol. The molecule has 1 aromatic heterocycles. The third-order valence-corrected chi connectivity index (χ3v) is 4.71. The summed E-state index contributed by atoms with van der Waals surface area (Å²) < 4.78 is 47.9. The number of benzene rings is 2. The summed E-state index contributed by atoms with van der Waals surface area (Å²) in [6, 6.07) is 11.0. The second kappa shape index (κ2) is 5.78. The predicted molar refractivity (Wildman–Crippen MR) is 82.9 cm³/mol. The van der Waals surface area contributed by atoms with E-state index in [4.69, 9.17) is 4.42 Å². The molecule has 0 aliphatic heterocycles. The number of carbonyl (C=O) groups is 1. The summed E-state index contributed by atoms with van der Waals surface area (Å²) >= 11 is 3.25. The average molecular weight is 399 g/mol. The molecule has 1 heterocycles. The summed E-state index contributed by atoms with van der Waals surface area (Å²) in [6.07, 6.45) is 0. The zero-order valence-corrected chi connectivity index (χ0v) is 13.7. The molecule has 0 saturated heterocycles. The minimum absolute atomic E-state index is 0.294. The molecule has 23 heavy (non-hydrogen) atoms. The number of carbonyl (C=O) groups excluding carboxylic acids is 1. The third-order valence-electron chi connectivity index (χ3n) is 2.97. The van der Waals surface area contributed by atoms with Gasteiger partial charge >= 0.3 is 16.1 Å². The first-order valence-electron chi connectivity index (χ1n) is 6.29. The van der Waals surface area contributed by atoms with E-state index in [-0.39, 0.29) is 5.76 Å². The van der Waals surface area contributed by atoms with Gasteiger partial charge in [0.05, 0.1) is 0 Å². The van der Waals surface area contributed by atoms with Crippen LogP contribution in [0.1, 0.15) is 10.6 Å². The summed E-state index contributed by atoms with van der Waals surface area (Å²) in [5, 5.41) is 0.600. The molecule has 3 aromatic rings. The lowest BCUT2D eigenvalue weighted by Gasteiger charge is -2.04. The average Bonchev–Trinajstić information content (AvgIpc) is 2.90. The molecule has 118 valence electrons. The van der Waals surface area contributed by atoms with Gasteiger partial charge in [-0.2, -0.15) is 8.42 Å². The number of furan rings is 1. The molecule has 0 aliphatic rings. The highest BCUT2D eigenvalue weighted by Gasteiger charge is 2.26. The number of fused-ring (bicyclic) bond motifs is 1. The van der Waals surface area contributed by atoms with Gasteiger partial charge in [-0.25, -0.2) is 9.18 Å². The Bertz CT molecular complexity index is 1010. The van der Waals surface area contributed by atoms with E-state index in [1.54, 1.807) is 18.2 Å².